The molecule has 234 valence electrons. The number of carbonyl (C=O) groups is 1. The van der Waals surface area contributed by atoms with Crippen molar-refractivity contribution in [2.45, 2.75) is 105 Å². The van der Waals surface area contributed by atoms with Crippen molar-refractivity contribution in [2.75, 3.05) is 13.2 Å². The van der Waals surface area contributed by atoms with Gasteiger partial charge in [-0.1, -0.05) is 0 Å². The fourth-order valence-electron chi connectivity index (χ4n) is 4.88. The average molecular weight is 607 g/mol. The van der Waals surface area contributed by atoms with Gasteiger partial charge >= 0.3 is 7.82 Å². The highest BCUT2D eigenvalue weighted by atomic mass is 31.2. The van der Waals surface area contributed by atoms with E-state index in [1.165, 1.54) is 6.92 Å². The minimum absolute atomic E-state index is 0.0649. The summed E-state index contributed by atoms with van der Waals surface area (Å²) in [6, 6.07) is -3.51. The number of amides is 1. The molecular formula is C20H39N4O15P. The number of phosphoric ester groups is 1. The maximum absolute atomic E-state index is 11.5. The van der Waals surface area contributed by atoms with Gasteiger partial charge in [-0.25, -0.2) is 4.57 Å². The van der Waals surface area contributed by atoms with Crippen molar-refractivity contribution < 1.29 is 73.3 Å². The largest absolute Gasteiger partial charge is 0.470 e. The Bertz CT molecular complexity index is 902. The molecule has 2 aliphatic heterocycles. The highest BCUT2D eigenvalue weighted by molar-refractivity contribution is 7.46. The maximum atomic E-state index is 11.5. The zero-order valence-electron chi connectivity index (χ0n) is 21.4. The molecule has 1 amide bonds. The van der Waals surface area contributed by atoms with E-state index in [0.29, 0.717) is 0 Å². The number of rotatable bonds is 9. The minimum atomic E-state index is -5.20. The molecule has 3 fully saturated rings. The number of aliphatic hydroxyl groups is 6. The van der Waals surface area contributed by atoms with Gasteiger partial charge in [0.15, 0.2) is 12.6 Å². The fraction of sp³-hybridized carbons (Fsp3) is 0.950. The number of nitrogens with two attached hydrogens (primary N) is 3. The quantitative estimate of drug-likeness (QED) is 0.108. The Hall–Kier alpha value is -0.940. The third-order valence-electron chi connectivity index (χ3n) is 7.04. The standard InChI is InChI=1S/C20H39N4O15P/c1-5(26)24-3-8-12(28)13(29)14(30)19(35-8)37-16-6(21)2-7(22)17(15(16)31)38-20-18(39-40(32,33)34)10(23)11(27)9(4-25)36-20/h6-20,25,27-31H,2-4,21-23H2,1H3,(H,24,26)(H2,32,33,34)/t6-,7+,8+,9+,10-,11+,12+,13-,14+,15-,16+,17-,18+,19+,20+/m0/s1. The van der Waals surface area contributed by atoms with Crippen molar-refractivity contribution >= 4 is 13.7 Å². The third kappa shape index (κ3) is 7.71. The number of aliphatic hydroxyl groups excluding tert-OH is 6. The Morgan fingerprint density at radius 1 is 0.850 bits per heavy atom. The van der Waals surface area contributed by atoms with Crippen molar-refractivity contribution in [3.05, 3.63) is 0 Å². The molecule has 0 spiro atoms. The first-order chi connectivity index (χ1) is 18.5. The minimum Gasteiger partial charge on any atom is -0.394 e. The summed E-state index contributed by atoms with van der Waals surface area (Å²) in [5.41, 5.74) is 18.2. The molecule has 19 nitrogen and oxygen atoms in total. The first-order valence-electron chi connectivity index (χ1n) is 12.4. The van der Waals surface area contributed by atoms with Crippen molar-refractivity contribution in [3.63, 3.8) is 0 Å². The summed E-state index contributed by atoms with van der Waals surface area (Å²) in [6.45, 7) is 0.225. The molecule has 1 saturated carbocycles. The van der Waals surface area contributed by atoms with Crippen molar-refractivity contribution in [2.24, 2.45) is 17.2 Å². The molecule has 0 bridgehead atoms. The van der Waals surface area contributed by atoms with Crippen LogP contribution in [0.25, 0.3) is 0 Å². The Kier molecular flexibility index (Phi) is 11.4. The van der Waals surface area contributed by atoms with Crippen LogP contribution >= 0.6 is 7.82 Å². The van der Waals surface area contributed by atoms with Gasteiger partial charge in [0.25, 0.3) is 0 Å². The van der Waals surface area contributed by atoms with Crippen LogP contribution in [-0.2, 0) is 32.8 Å². The lowest BCUT2D eigenvalue weighted by Gasteiger charge is -2.48. The van der Waals surface area contributed by atoms with Crippen molar-refractivity contribution in [1.29, 1.82) is 0 Å². The first-order valence-corrected chi connectivity index (χ1v) is 14.0. The molecule has 0 aromatic carbocycles. The summed E-state index contributed by atoms with van der Waals surface area (Å²) in [5, 5.41) is 64.3. The average Bonchev–Trinajstić information content (AvgIpc) is 2.86. The lowest BCUT2D eigenvalue weighted by atomic mass is 9.84. The van der Waals surface area contributed by atoms with Gasteiger partial charge in [0.2, 0.25) is 5.91 Å². The number of nitrogens with one attached hydrogen (secondary N) is 1. The summed E-state index contributed by atoms with van der Waals surface area (Å²) >= 11 is 0. The summed E-state index contributed by atoms with van der Waals surface area (Å²) in [6.07, 6.45) is -19.1. The Morgan fingerprint density at radius 3 is 1.93 bits per heavy atom. The zero-order valence-corrected chi connectivity index (χ0v) is 22.3. The number of carbonyl (C=O) groups excluding carboxylic acids is 1. The Morgan fingerprint density at radius 2 is 1.40 bits per heavy atom. The van der Waals surface area contributed by atoms with Crippen LogP contribution in [0.5, 0.6) is 0 Å². The molecular weight excluding hydrogens is 567 g/mol. The van der Waals surface area contributed by atoms with Crippen LogP contribution in [0.2, 0.25) is 0 Å². The maximum Gasteiger partial charge on any atom is 0.470 e. The second kappa shape index (κ2) is 13.6. The molecule has 0 radical (unpaired) electrons. The Labute approximate surface area is 228 Å². The third-order valence-corrected chi connectivity index (χ3v) is 7.55. The zero-order chi connectivity index (χ0) is 30.1. The van der Waals surface area contributed by atoms with Crippen molar-refractivity contribution in [1.82, 2.24) is 5.32 Å². The van der Waals surface area contributed by atoms with Gasteiger partial charge in [-0.3, -0.25) is 9.32 Å². The van der Waals surface area contributed by atoms with Crippen LogP contribution in [-0.4, -0.2) is 151 Å². The summed E-state index contributed by atoms with van der Waals surface area (Å²) in [4.78, 5) is 29.9. The van der Waals surface area contributed by atoms with Gasteiger partial charge in [-0.2, -0.15) is 0 Å². The molecule has 0 aromatic heterocycles. The monoisotopic (exact) mass is 606 g/mol. The molecule has 40 heavy (non-hydrogen) atoms. The molecule has 3 aliphatic rings. The molecule has 2 heterocycles. The first kappa shape index (κ1) is 33.6. The van der Waals surface area contributed by atoms with Gasteiger partial charge in [-0.15, -0.1) is 0 Å². The van der Waals surface area contributed by atoms with Gasteiger partial charge < -0.3 is 81.9 Å². The summed E-state index contributed by atoms with van der Waals surface area (Å²) < 4.78 is 38.6. The predicted octanol–water partition coefficient (Wildman–Crippen LogP) is -7.00. The molecule has 1 aliphatic carbocycles. The highest BCUT2D eigenvalue weighted by Crippen LogP contribution is 2.42. The molecule has 0 unspecified atom stereocenters. The van der Waals surface area contributed by atoms with Gasteiger partial charge in [-0.05, 0) is 6.42 Å². The van der Waals surface area contributed by atoms with Crippen LogP contribution in [0.4, 0.5) is 0 Å². The lowest BCUT2D eigenvalue weighted by Crippen LogP contribution is -2.68. The van der Waals surface area contributed by atoms with Crippen LogP contribution in [0.15, 0.2) is 0 Å². The SMILES string of the molecule is CC(=O)NC[C@H]1O[C@H](O[C@H]2[C@H](O)[C@@H](O[C@H]3O[C@H](CO)[C@@H](O)[C@H](N)[C@H]3OP(=O)(O)O)[C@H](N)C[C@@H]2N)[C@H](O)[C@@H](O)[C@@H]1O. The Balaban J connectivity index is 1.79. The van der Waals surface area contributed by atoms with E-state index in [9.17, 15) is 49.8 Å². The molecule has 15 atom stereocenters. The molecule has 3 rings (SSSR count). The van der Waals surface area contributed by atoms with Crippen LogP contribution in [0, 0.1) is 0 Å². The normalized spacial score (nSPS) is 46.6. The van der Waals surface area contributed by atoms with E-state index < -0.39 is 112 Å². The molecule has 0 aromatic rings. The summed E-state index contributed by atoms with van der Waals surface area (Å²) in [5.74, 6) is -0.450. The number of phosphoric acid groups is 1. The van der Waals surface area contributed by atoms with E-state index in [1.54, 1.807) is 0 Å². The van der Waals surface area contributed by atoms with Gasteiger partial charge in [0.05, 0.1) is 12.6 Å². The van der Waals surface area contributed by atoms with Crippen molar-refractivity contribution in [3.8, 4) is 0 Å². The molecule has 15 N–H and O–H groups in total. The van der Waals surface area contributed by atoms with E-state index in [2.05, 4.69) is 9.84 Å². The van der Waals surface area contributed by atoms with E-state index >= 15 is 0 Å². The van der Waals surface area contributed by atoms with Gasteiger partial charge in [0.1, 0.15) is 61.0 Å². The second-order valence-corrected chi connectivity index (χ2v) is 11.3. The molecule has 2 saturated heterocycles. The smallest absolute Gasteiger partial charge is 0.394 e. The lowest BCUT2D eigenvalue weighted by molar-refractivity contribution is -0.331. The highest BCUT2D eigenvalue weighted by Gasteiger charge is 2.53. The van der Waals surface area contributed by atoms with Crippen LogP contribution < -0.4 is 22.5 Å². The van der Waals surface area contributed by atoms with E-state index in [1.807, 2.05) is 0 Å². The second-order valence-electron chi connectivity index (χ2n) is 10.1. The van der Waals surface area contributed by atoms with E-state index in [-0.39, 0.29) is 13.0 Å². The van der Waals surface area contributed by atoms with Crippen LogP contribution in [0.1, 0.15) is 13.3 Å². The van der Waals surface area contributed by atoms with E-state index in [0.717, 1.165) is 0 Å². The van der Waals surface area contributed by atoms with E-state index in [4.69, 9.17) is 36.1 Å². The fourth-order valence-corrected chi connectivity index (χ4v) is 5.44. The topological polar surface area (TPSA) is 332 Å². The number of hydrogen-bond donors (Lipinski definition) is 12. The number of hydrogen-bond acceptors (Lipinski definition) is 16. The molecule has 20 heteroatoms. The van der Waals surface area contributed by atoms with Gasteiger partial charge in [0, 0.05) is 25.6 Å². The predicted molar refractivity (Wildman–Crippen MR) is 128 cm³/mol. The number of ether oxygens (including phenoxy) is 4. The van der Waals surface area contributed by atoms with Crippen LogP contribution in [0.3, 0.4) is 0 Å². The summed E-state index contributed by atoms with van der Waals surface area (Å²) in [7, 11) is -5.20.